The number of rotatable bonds is 9. The Bertz CT molecular complexity index is 1190. The topological polar surface area (TPSA) is 61.6 Å². The van der Waals surface area contributed by atoms with Gasteiger partial charge in [-0.05, 0) is 48.1 Å². The van der Waals surface area contributed by atoms with E-state index in [9.17, 15) is 4.79 Å². The first-order valence-electron chi connectivity index (χ1n) is 13.2. The number of quaternary nitrogens is 1. The molecule has 3 aromatic carbocycles. The molecule has 2 aliphatic heterocycles. The lowest BCUT2D eigenvalue weighted by atomic mass is 9.69. The smallest absolute Gasteiger partial charge is 0.232 e. The fourth-order valence-electron chi connectivity index (χ4n) is 6.99. The Kier molecular flexibility index (Phi) is 5.76. The highest BCUT2D eigenvalue weighted by Gasteiger charge is 2.64. The Labute approximate surface area is 213 Å². The second kappa shape index (κ2) is 8.97. The minimum absolute atomic E-state index is 0.246. The number of nitrogens with zero attached hydrogens (tertiary/aromatic N) is 1. The number of nitrogens with two attached hydrogens (primary N) is 1. The Balaban J connectivity index is 1.19. The van der Waals surface area contributed by atoms with Crippen molar-refractivity contribution in [3.8, 4) is 11.5 Å². The van der Waals surface area contributed by atoms with Gasteiger partial charge in [0, 0.05) is 18.3 Å². The molecular weight excluding hydrogens is 448 g/mol. The minimum atomic E-state index is -0.786. The first-order chi connectivity index (χ1) is 17.5. The molecule has 36 heavy (non-hydrogen) atoms. The normalized spacial score (nSPS) is 26.0. The predicted molar refractivity (Wildman–Crippen MR) is 140 cm³/mol. The number of benzene rings is 3. The molecule has 3 aromatic rings. The Hall–Kier alpha value is -3.31. The molecule has 6 rings (SSSR count). The highest BCUT2D eigenvalue weighted by molar-refractivity contribution is 5.91. The Morgan fingerprint density at radius 3 is 2.11 bits per heavy atom. The van der Waals surface area contributed by atoms with Crippen LogP contribution >= 0.6 is 0 Å². The maximum atomic E-state index is 13.2. The summed E-state index contributed by atoms with van der Waals surface area (Å²) >= 11 is 0. The van der Waals surface area contributed by atoms with Crippen LogP contribution in [0.4, 0.5) is 0 Å². The van der Waals surface area contributed by atoms with Gasteiger partial charge >= 0.3 is 0 Å². The van der Waals surface area contributed by atoms with Gasteiger partial charge in [-0.1, -0.05) is 66.7 Å². The quantitative estimate of drug-likeness (QED) is 0.455. The molecule has 1 saturated carbocycles. The fourth-order valence-corrected chi connectivity index (χ4v) is 6.99. The zero-order valence-electron chi connectivity index (χ0n) is 20.9. The highest BCUT2D eigenvalue weighted by Crippen LogP contribution is 2.59. The van der Waals surface area contributed by atoms with Gasteiger partial charge in [0.05, 0.1) is 31.6 Å². The first-order valence-corrected chi connectivity index (χ1v) is 13.2. The summed E-state index contributed by atoms with van der Waals surface area (Å²) in [5.74, 6) is 3.31. The van der Waals surface area contributed by atoms with Crippen LogP contribution in [0.25, 0.3) is 0 Å². The average molecular weight is 484 g/mol. The van der Waals surface area contributed by atoms with Crippen molar-refractivity contribution < 1.29 is 18.8 Å². The van der Waals surface area contributed by atoms with Crippen LogP contribution in [-0.2, 0) is 16.6 Å². The SMILES string of the molecule is CC[N+]1(CCc2ccc3c(c2)OCO3)CC2C(CC(C(N)=O)(c3ccccc3)c3ccccc3)C2C1. The number of carbonyl (C=O) groups is 1. The third kappa shape index (κ3) is 3.86. The second-order valence-corrected chi connectivity index (χ2v) is 10.9. The van der Waals surface area contributed by atoms with E-state index in [1.54, 1.807) is 0 Å². The number of likely N-dealkylation sites (N-methyl/N-ethyl adjacent to an activating group) is 1. The Morgan fingerprint density at radius 1 is 0.917 bits per heavy atom. The van der Waals surface area contributed by atoms with Gasteiger partial charge in [-0.25, -0.2) is 0 Å². The van der Waals surface area contributed by atoms with Crippen molar-refractivity contribution in [3.63, 3.8) is 0 Å². The highest BCUT2D eigenvalue weighted by atomic mass is 16.7. The predicted octanol–water partition coefficient (Wildman–Crippen LogP) is 4.53. The summed E-state index contributed by atoms with van der Waals surface area (Å²) in [6.07, 6.45) is 1.82. The maximum Gasteiger partial charge on any atom is 0.232 e. The molecule has 1 saturated heterocycles. The van der Waals surface area contributed by atoms with Crippen molar-refractivity contribution in [2.24, 2.45) is 23.5 Å². The fraction of sp³-hybridized carbons (Fsp3) is 0.387. The maximum absolute atomic E-state index is 13.2. The molecule has 2 fully saturated rings. The molecular formula is C31H35N2O3+. The van der Waals surface area contributed by atoms with Crippen molar-refractivity contribution in [1.82, 2.24) is 0 Å². The molecule has 2 N–H and O–H groups in total. The molecule has 0 aromatic heterocycles. The molecule has 2 unspecified atom stereocenters. The van der Waals surface area contributed by atoms with Gasteiger partial charge in [-0.15, -0.1) is 0 Å². The lowest BCUT2D eigenvalue weighted by Gasteiger charge is -2.37. The number of fused-ring (bicyclic) bond motifs is 2. The molecule has 2 atom stereocenters. The number of carbonyl (C=O) groups excluding carboxylic acids is 1. The summed E-state index contributed by atoms with van der Waals surface area (Å²) in [6.45, 7) is 7.29. The molecule has 2 heterocycles. The van der Waals surface area contributed by atoms with E-state index in [0.29, 0.717) is 24.5 Å². The summed E-state index contributed by atoms with van der Waals surface area (Å²) in [6, 6.07) is 26.6. The molecule has 0 spiro atoms. The zero-order chi connectivity index (χ0) is 24.8. The second-order valence-electron chi connectivity index (χ2n) is 10.9. The standard InChI is InChI=1S/C31H34N2O3/c1-2-33(16-15-22-13-14-28-29(17-22)36-21-35-28)19-26-25(27(26)20-33)18-31(30(32)34,23-9-5-3-6-10-23)24-11-7-4-8-12-24/h3-14,17,25-27H,2,15-16,18-21H2,1H3,(H-,32,34)/p+1. The molecule has 3 aliphatic rings. The van der Waals surface area contributed by atoms with Gasteiger partial charge in [0.2, 0.25) is 12.7 Å². The van der Waals surface area contributed by atoms with E-state index in [1.165, 1.54) is 18.7 Å². The van der Waals surface area contributed by atoms with E-state index in [1.807, 2.05) is 42.5 Å². The number of piperidine rings is 1. The van der Waals surface area contributed by atoms with E-state index < -0.39 is 5.41 Å². The van der Waals surface area contributed by atoms with Gasteiger partial charge < -0.3 is 19.7 Å². The van der Waals surface area contributed by atoms with E-state index in [0.717, 1.165) is 53.0 Å². The van der Waals surface area contributed by atoms with Crippen molar-refractivity contribution in [3.05, 3.63) is 95.6 Å². The van der Waals surface area contributed by atoms with Crippen molar-refractivity contribution in [2.45, 2.75) is 25.2 Å². The zero-order valence-corrected chi connectivity index (χ0v) is 20.9. The van der Waals surface area contributed by atoms with Crippen LogP contribution in [0.2, 0.25) is 0 Å². The van der Waals surface area contributed by atoms with Crippen LogP contribution in [0, 0.1) is 17.8 Å². The minimum Gasteiger partial charge on any atom is -0.454 e. The molecule has 1 aliphatic carbocycles. The molecule has 5 nitrogen and oxygen atoms in total. The van der Waals surface area contributed by atoms with E-state index in [4.69, 9.17) is 15.2 Å². The lowest BCUT2D eigenvalue weighted by Crippen LogP contribution is -2.50. The number of hydrogen-bond acceptors (Lipinski definition) is 3. The number of hydrogen-bond donors (Lipinski definition) is 1. The van der Waals surface area contributed by atoms with Crippen molar-refractivity contribution >= 4 is 5.91 Å². The molecule has 0 radical (unpaired) electrons. The van der Waals surface area contributed by atoms with Gasteiger partial charge in [0.25, 0.3) is 0 Å². The Morgan fingerprint density at radius 2 is 1.53 bits per heavy atom. The number of primary amides is 1. The van der Waals surface area contributed by atoms with Crippen LogP contribution in [0.3, 0.4) is 0 Å². The summed E-state index contributed by atoms with van der Waals surface area (Å²) in [7, 11) is 0. The molecule has 1 amide bonds. The van der Waals surface area contributed by atoms with Gasteiger partial charge in [0.15, 0.2) is 11.5 Å². The van der Waals surface area contributed by atoms with Gasteiger partial charge in [-0.3, -0.25) is 4.79 Å². The van der Waals surface area contributed by atoms with E-state index >= 15 is 0 Å². The van der Waals surface area contributed by atoms with Gasteiger partial charge in [0.1, 0.15) is 0 Å². The number of amides is 1. The van der Waals surface area contributed by atoms with Crippen LogP contribution in [0.5, 0.6) is 11.5 Å². The summed E-state index contributed by atoms with van der Waals surface area (Å²) < 4.78 is 12.2. The first kappa shape index (κ1) is 23.1. The average Bonchev–Trinajstić information content (AvgIpc) is 3.25. The summed E-state index contributed by atoms with van der Waals surface area (Å²) in [5.41, 5.74) is 8.77. The van der Waals surface area contributed by atoms with Gasteiger partial charge in [-0.2, -0.15) is 0 Å². The van der Waals surface area contributed by atoms with E-state index in [-0.39, 0.29) is 5.91 Å². The summed E-state index contributed by atoms with van der Waals surface area (Å²) in [5, 5.41) is 0. The van der Waals surface area contributed by atoms with Crippen molar-refractivity contribution in [1.29, 1.82) is 0 Å². The van der Waals surface area contributed by atoms with Crippen LogP contribution in [0.15, 0.2) is 78.9 Å². The van der Waals surface area contributed by atoms with Crippen LogP contribution in [-0.4, -0.2) is 43.4 Å². The lowest BCUT2D eigenvalue weighted by molar-refractivity contribution is -0.920. The monoisotopic (exact) mass is 483 g/mol. The van der Waals surface area contributed by atoms with E-state index in [2.05, 4.69) is 43.3 Å². The van der Waals surface area contributed by atoms with Crippen molar-refractivity contribution in [2.75, 3.05) is 33.0 Å². The third-order valence-corrected chi connectivity index (χ3v) is 9.18. The number of ether oxygens (including phenoxy) is 2. The van der Waals surface area contributed by atoms with Crippen LogP contribution < -0.4 is 15.2 Å². The number of likely N-dealkylation sites (tertiary alicyclic amines) is 1. The molecule has 5 heteroatoms. The molecule has 0 bridgehead atoms. The third-order valence-electron chi connectivity index (χ3n) is 9.18. The molecule has 186 valence electrons. The largest absolute Gasteiger partial charge is 0.454 e. The summed E-state index contributed by atoms with van der Waals surface area (Å²) in [4.78, 5) is 13.2. The van der Waals surface area contributed by atoms with Crippen LogP contribution in [0.1, 0.15) is 30.0 Å².